The Labute approximate surface area is 160 Å². The van der Waals surface area contributed by atoms with E-state index in [0.717, 1.165) is 11.1 Å². The summed E-state index contributed by atoms with van der Waals surface area (Å²) in [5.41, 5.74) is 9.25. The topological polar surface area (TPSA) is 76.8 Å². The van der Waals surface area contributed by atoms with Gasteiger partial charge in [-0.1, -0.05) is 17.7 Å². The molecule has 0 radical (unpaired) electrons. The Bertz CT molecular complexity index is 835. The van der Waals surface area contributed by atoms with Gasteiger partial charge in [0.15, 0.2) is 16.6 Å². The molecule has 2 rings (SSSR count). The van der Waals surface area contributed by atoms with Crippen LogP contribution in [0.3, 0.4) is 0 Å². The van der Waals surface area contributed by atoms with Crippen LogP contribution in [0, 0.1) is 5.82 Å². The molecule has 0 unspecified atom stereocenters. The summed E-state index contributed by atoms with van der Waals surface area (Å²) in [6, 6.07) is 9.00. The van der Waals surface area contributed by atoms with Gasteiger partial charge in [-0.25, -0.2) is 9.40 Å². The first kappa shape index (κ1) is 19.7. The number of nitrogens with one attached hydrogen (secondary N) is 1. The summed E-state index contributed by atoms with van der Waals surface area (Å²) >= 11 is 10.7. The van der Waals surface area contributed by atoms with E-state index in [1.165, 1.54) is 26.4 Å². The quantitative estimate of drug-likeness (QED) is 0.596. The fourth-order valence-electron chi connectivity index (χ4n) is 2.21. The van der Waals surface area contributed by atoms with E-state index in [1.54, 1.807) is 18.2 Å². The number of halogens is 2. The van der Waals surface area contributed by atoms with E-state index >= 15 is 0 Å². The smallest absolute Gasteiger partial charge is 0.243 e. The molecule has 0 bridgehead atoms. The van der Waals surface area contributed by atoms with Crippen molar-refractivity contribution < 1.29 is 18.7 Å². The summed E-state index contributed by atoms with van der Waals surface area (Å²) in [6.45, 7) is 0. The molecule has 2 aromatic carbocycles. The summed E-state index contributed by atoms with van der Waals surface area (Å²) in [6.07, 6.45) is 0.0361. The lowest BCUT2D eigenvalue weighted by molar-refractivity contribution is -0.120. The van der Waals surface area contributed by atoms with Gasteiger partial charge in [-0.05, 0) is 48.1 Å². The van der Waals surface area contributed by atoms with Crippen LogP contribution in [0.4, 0.5) is 10.1 Å². The standard InChI is InChI=1S/C17H17ClFN3O3S/c1-24-14-6-3-10(7-15(14)25-2)8-16(23)21-22(17(20)26)11-4-5-13(19)12(18)9-11/h3-7,9H,8H2,1-2H3,(H2,20,26)(H,21,23). The third kappa shape index (κ3) is 4.74. The van der Waals surface area contributed by atoms with Gasteiger partial charge in [-0.2, -0.15) is 0 Å². The number of ether oxygens (including phenoxy) is 2. The number of carbonyl (C=O) groups excluding carboxylic acids is 1. The second kappa shape index (κ2) is 8.68. The van der Waals surface area contributed by atoms with E-state index in [1.807, 2.05) is 0 Å². The minimum atomic E-state index is -0.588. The third-order valence-corrected chi connectivity index (χ3v) is 3.90. The van der Waals surface area contributed by atoms with Crippen molar-refractivity contribution in [3.63, 3.8) is 0 Å². The zero-order valence-corrected chi connectivity index (χ0v) is 15.7. The summed E-state index contributed by atoms with van der Waals surface area (Å²) < 4.78 is 23.7. The minimum Gasteiger partial charge on any atom is -0.493 e. The maximum atomic E-state index is 13.3. The summed E-state index contributed by atoms with van der Waals surface area (Å²) in [5, 5.41) is 0.926. The van der Waals surface area contributed by atoms with Crippen LogP contribution in [0.25, 0.3) is 0 Å². The fraction of sp³-hybridized carbons (Fsp3) is 0.176. The normalized spacial score (nSPS) is 10.2. The molecule has 9 heteroatoms. The van der Waals surface area contributed by atoms with Crippen molar-refractivity contribution in [2.45, 2.75) is 6.42 Å². The molecule has 1 amide bonds. The molecule has 0 heterocycles. The van der Waals surface area contributed by atoms with Gasteiger partial charge < -0.3 is 15.2 Å². The monoisotopic (exact) mass is 397 g/mol. The number of hydrogen-bond acceptors (Lipinski definition) is 4. The molecule has 0 saturated heterocycles. The molecule has 0 aromatic heterocycles. The molecule has 0 fully saturated rings. The van der Waals surface area contributed by atoms with Crippen molar-refractivity contribution in [3.05, 3.63) is 52.8 Å². The Hall–Kier alpha value is -2.58. The Kier molecular flexibility index (Phi) is 6.59. The molecule has 0 spiro atoms. The van der Waals surface area contributed by atoms with E-state index in [0.29, 0.717) is 22.7 Å². The number of nitrogens with zero attached hydrogens (tertiary/aromatic N) is 1. The van der Waals surface area contributed by atoms with Crippen LogP contribution in [0.1, 0.15) is 5.56 Å². The Morgan fingerprint density at radius 3 is 2.50 bits per heavy atom. The Balaban J connectivity index is 2.15. The molecule has 6 nitrogen and oxygen atoms in total. The van der Waals surface area contributed by atoms with Crippen LogP contribution in [0.2, 0.25) is 5.02 Å². The van der Waals surface area contributed by atoms with E-state index in [2.05, 4.69) is 5.43 Å². The number of hydrazine groups is 1. The largest absolute Gasteiger partial charge is 0.493 e. The van der Waals surface area contributed by atoms with Crippen molar-refractivity contribution >= 4 is 40.5 Å². The number of amides is 1. The van der Waals surface area contributed by atoms with Gasteiger partial charge in [0.25, 0.3) is 0 Å². The molecular weight excluding hydrogens is 381 g/mol. The van der Waals surface area contributed by atoms with Crippen LogP contribution in [-0.4, -0.2) is 25.2 Å². The molecule has 2 aromatic rings. The lowest BCUT2D eigenvalue weighted by Crippen LogP contribution is -2.49. The second-order valence-corrected chi connectivity index (χ2v) is 6.00. The first-order valence-corrected chi connectivity index (χ1v) is 8.19. The molecule has 3 N–H and O–H groups in total. The number of methoxy groups -OCH3 is 2. The summed E-state index contributed by atoms with van der Waals surface area (Å²) in [5.74, 6) is 0.0946. The second-order valence-electron chi connectivity index (χ2n) is 5.17. The average molecular weight is 398 g/mol. The molecule has 138 valence electrons. The number of carbonyl (C=O) groups is 1. The highest BCUT2D eigenvalue weighted by Crippen LogP contribution is 2.27. The lowest BCUT2D eigenvalue weighted by atomic mass is 10.1. The highest BCUT2D eigenvalue weighted by molar-refractivity contribution is 7.80. The van der Waals surface area contributed by atoms with Gasteiger partial charge in [0.2, 0.25) is 5.91 Å². The minimum absolute atomic E-state index is 0.0361. The maximum absolute atomic E-state index is 13.3. The molecule has 0 aliphatic rings. The SMILES string of the molecule is COc1ccc(CC(=O)NN(C(N)=S)c2ccc(F)c(Cl)c2)cc1OC. The molecule has 0 aliphatic carbocycles. The molecule has 0 aliphatic heterocycles. The lowest BCUT2D eigenvalue weighted by Gasteiger charge is -2.23. The average Bonchev–Trinajstić information content (AvgIpc) is 2.61. The fourth-order valence-corrected chi connectivity index (χ4v) is 2.54. The van der Waals surface area contributed by atoms with Gasteiger partial charge >= 0.3 is 0 Å². The van der Waals surface area contributed by atoms with E-state index in [4.69, 9.17) is 39.0 Å². The number of benzene rings is 2. The van der Waals surface area contributed by atoms with Crippen molar-refractivity contribution in [3.8, 4) is 11.5 Å². The Morgan fingerprint density at radius 1 is 1.23 bits per heavy atom. The first-order chi connectivity index (χ1) is 12.3. The highest BCUT2D eigenvalue weighted by atomic mass is 35.5. The number of anilines is 1. The molecular formula is C17H17ClFN3O3S. The zero-order chi connectivity index (χ0) is 19.3. The van der Waals surface area contributed by atoms with E-state index < -0.39 is 5.82 Å². The number of thiocarbonyl (C=S) groups is 1. The van der Waals surface area contributed by atoms with E-state index in [9.17, 15) is 9.18 Å². The van der Waals surface area contributed by atoms with Crippen LogP contribution >= 0.6 is 23.8 Å². The van der Waals surface area contributed by atoms with E-state index in [-0.39, 0.29) is 22.5 Å². The predicted octanol–water partition coefficient (Wildman–Crippen LogP) is 2.82. The summed E-state index contributed by atoms with van der Waals surface area (Å²) in [4.78, 5) is 12.4. The predicted molar refractivity (Wildman–Crippen MR) is 102 cm³/mol. The van der Waals surface area contributed by atoms with Gasteiger partial charge in [0.05, 0.1) is 31.4 Å². The summed E-state index contributed by atoms with van der Waals surface area (Å²) in [7, 11) is 3.03. The zero-order valence-electron chi connectivity index (χ0n) is 14.1. The van der Waals surface area contributed by atoms with Crippen LogP contribution in [0.15, 0.2) is 36.4 Å². The van der Waals surface area contributed by atoms with Crippen LogP contribution < -0.4 is 25.6 Å². The van der Waals surface area contributed by atoms with Gasteiger partial charge in [-0.15, -0.1) is 0 Å². The first-order valence-electron chi connectivity index (χ1n) is 7.40. The number of hydrogen-bond donors (Lipinski definition) is 2. The van der Waals surface area contributed by atoms with Crippen molar-refractivity contribution in [1.29, 1.82) is 0 Å². The number of nitrogens with two attached hydrogens (primary N) is 1. The maximum Gasteiger partial charge on any atom is 0.243 e. The van der Waals surface area contributed by atoms with Gasteiger partial charge in [0, 0.05) is 0 Å². The van der Waals surface area contributed by atoms with Crippen LogP contribution in [-0.2, 0) is 11.2 Å². The van der Waals surface area contributed by atoms with Crippen molar-refractivity contribution in [2.75, 3.05) is 19.2 Å². The van der Waals surface area contributed by atoms with Gasteiger partial charge in [-0.3, -0.25) is 10.2 Å². The molecule has 0 atom stereocenters. The Morgan fingerprint density at radius 2 is 1.92 bits per heavy atom. The van der Waals surface area contributed by atoms with Gasteiger partial charge in [0.1, 0.15) is 5.82 Å². The van der Waals surface area contributed by atoms with Crippen molar-refractivity contribution in [2.24, 2.45) is 5.73 Å². The molecule has 0 saturated carbocycles. The highest BCUT2D eigenvalue weighted by Gasteiger charge is 2.16. The number of rotatable bonds is 5. The third-order valence-electron chi connectivity index (χ3n) is 3.43. The van der Waals surface area contributed by atoms with Crippen LogP contribution in [0.5, 0.6) is 11.5 Å². The molecule has 26 heavy (non-hydrogen) atoms. The van der Waals surface area contributed by atoms with Crippen molar-refractivity contribution in [1.82, 2.24) is 5.43 Å².